The van der Waals surface area contributed by atoms with E-state index in [2.05, 4.69) is 9.97 Å². The topological polar surface area (TPSA) is 54.0 Å². The molecule has 110 valence electrons. The molecular weight excluding hydrogens is 293 g/mol. The number of halogens is 3. The number of nitriles is 1. The van der Waals surface area contributed by atoms with E-state index in [1.165, 1.54) is 22.9 Å². The first-order chi connectivity index (χ1) is 10.5. The first kappa shape index (κ1) is 14.1. The summed E-state index contributed by atoms with van der Waals surface area (Å²) in [6, 6.07) is 9.29. The minimum absolute atomic E-state index is 0.0611. The van der Waals surface area contributed by atoms with E-state index in [4.69, 9.17) is 5.26 Å². The van der Waals surface area contributed by atoms with Crippen molar-refractivity contribution < 1.29 is 13.2 Å². The molecule has 0 aromatic carbocycles. The summed E-state index contributed by atoms with van der Waals surface area (Å²) in [4.78, 5) is 8.21. The van der Waals surface area contributed by atoms with Gasteiger partial charge in [-0.15, -0.1) is 0 Å². The molecule has 0 aliphatic heterocycles. The largest absolute Gasteiger partial charge is 0.419 e. The van der Waals surface area contributed by atoms with E-state index in [9.17, 15) is 13.2 Å². The highest BCUT2D eigenvalue weighted by Gasteiger charge is 2.34. The van der Waals surface area contributed by atoms with E-state index in [1.807, 2.05) is 6.07 Å². The van der Waals surface area contributed by atoms with Crippen molar-refractivity contribution in [1.29, 1.82) is 5.26 Å². The van der Waals surface area contributed by atoms with E-state index < -0.39 is 11.7 Å². The molecule has 0 aliphatic carbocycles. The zero-order valence-electron chi connectivity index (χ0n) is 11.2. The lowest BCUT2D eigenvalue weighted by Gasteiger charge is -2.07. The normalized spacial score (nSPS) is 11.5. The zero-order chi connectivity index (χ0) is 15.7. The fourth-order valence-corrected chi connectivity index (χ4v) is 2.29. The van der Waals surface area contributed by atoms with Crippen LogP contribution in [0.2, 0.25) is 0 Å². The number of aromatic nitrogens is 3. The smallest absolute Gasteiger partial charge is 0.302 e. The van der Waals surface area contributed by atoms with Crippen LogP contribution < -0.4 is 0 Å². The van der Waals surface area contributed by atoms with Crippen molar-refractivity contribution in [1.82, 2.24) is 14.4 Å². The molecule has 0 amide bonds. The molecule has 0 radical (unpaired) electrons. The lowest BCUT2D eigenvalue weighted by atomic mass is 10.2. The van der Waals surface area contributed by atoms with Crippen molar-refractivity contribution in [3.05, 3.63) is 54.0 Å². The Morgan fingerprint density at radius 2 is 2.00 bits per heavy atom. The van der Waals surface area contributed by atoms with E-state index in [0.717, 1.165) is 6.07 Å². The Labute approximate surface area is 123 Å². The van der Waals surface area contributed by atoms with Gasteiger partial charge in [0.1, 0.15) is 11.3 Å². The Balaban J connectivity index is 2.34. The summed E-state index contributed by atoms with van der Waals surface area (Å²) >= 11 is 0. The monoisotopic (exact) mass is 302 g/mol. The summed E-state index contributed by atoms with van der Waals surface area (Å²) in [6.07, 6.45) is -1.58. The average molecular weight is 302 g/mol. The van der Waals surface area contributed by atoms with Crippen molar-refractivity contribution >= 4 is 5.65 Å². The summed E-state index contributed by atoms with van der Waals surface area (Å²) in [7, 11) is 0. The van der Waals surface area contributed by atoms with Gasteiger partial charge < -0.3 is 4.40 Å². The minimum atomic E-state index is -4.51. The summed E-state index contributed by atoms with van der Waals surface area (Å²) < 4.78 is 40.6. The van der Waals surface area contributed by atoms with Gasteiger partial charge in [0.15, 0.2) is 0 Å². The molecule has 3 heterocycles. The van der Waals surface area contributed by atoms with Crippen LogP contribution in [-0.2, 0) is 12.6 Å². The van der Waals surface area contributed by atoms with Crippen LogP contribution >= 0.6 is 0 Å². The van der Waals surface area contributed by atoms with E-state index in [0.29, 0.717) is 17.1 Å². The maximum absolute atomic E-state index is 13.1. The van der Waals surface area contributed by atoms with Crippen molar-refractivity contribution in [3.8, 4) is 17.5 Å². The molecule has 7 heteroatoms. The molecule has 0 bridgehead atoms. The van der Waals surface area contributed by atoms with Crippen molar-refractivity contribution in [2.45, 2.75) is 12.6 Å². The second-order valence-corrected chi connectivity index (χ2v) is 4.57. The standard InChI is InChI=1S/C15H9F3N4/c16-15(17,18)10-4-3-9-22-12(6-7-19)13(21-14(10)22)11-5-1-2-8-20-11/h1-5,8-9H,6H2. The Hall–Kier alpha value is -2.88. The summed E-state index contributed by atoms with van der Waals surface area (Å²) in [5.41, 5.74) is 0.0583. The quantitative estimate of drug-likeness (QED) is 0.728. The molecule has 0 saturated heterocycles. The fraction of sp³-hybridized carbons (Fsp3) is 0.133. The average Bonchev–Trinajstić information content (AvgIpc) is 2.86. The van der Waals surface area contributed by atoms with Gasteiger partial charge in [0.05, 0.1) is 29.4 Å². The van der Waals surface area contributed by atoms with Crippen LogP contribution in [0, 0.1) is 11.3 Å². The van der Waals surface area contributed by atoms with Crippen molar-refractivity contribution in [2.24, 2.45) is 0 Å². The lowest BCUT2D eigenvalue weighted by molar-refractivity contribution is -0.136. The Kier molecular flexibility index (Phi) is 3.29. The van der Waals surface area contributed by atoms with Crippen LogP contribution in [0.5, 0.6) is 0 Å². The van der Waals surface area contributed by atoms with Gasteiger partial charge in [-0.05, 0) is 24.3 Å². The number of hydrogen-bond acceptors (Lipinski definition) is 3. The second-order valence-electron chi connectivity index (χ2n) is 4.57. The number of imidazole rings is 1. The molecule has 0 spiro atoms. The van der Waals surface area contributed by atoms with Crippen LogP contribution in [-0.4, -0.2) is 14.4 Å². The van der Waals surface area contributed by atoms with Gasteiger partial charge in [-0.25, -0.2) is 4.98 Å². The van der Waals surface area contributed by atoms with Crippen LogP contribution in [0.15, 0.2) is 42.7 Å². The molecule has 22 heavy (non-hydrogen) atoms. The molecule has 0 fully saturated rings. The summed E-state index contributed by atoms with van der Waals surface area (Å²) in [6.45, 7) is 0. The van der Waals surface area contributed by atoms with Crippen LogP contribution in [0.1, 0.15) is 11.3 Å². The molecule has 3 aromatic rings. The van der Waals surface area contributed by atoms with Crippen molar-refractivity contribution in [3.63, 3.8) is 0 Å². The molecule has 4 nitrogen and oxygen atoms in total. The number of nitrogens with zero attached hydrogens (tertiary/aromatic N) is 4. The molecule has 0 saturated carbocycles. The Morgan fingerprint density at radius 3 is 2.64 bits per heavy atom. The minimum Gasteiger partial charge on any atom is -0.302 e. The Bertz CT molecular complexity index is 860. The predicted octanol–water partition coefficient (Wildman–Crippen LogP) is 3.48. The SMILES string of the molecule is N#CCc1c(-c2ccccn2)nc2c(C(F)(F)F)cccn12. The first-order valence-corrected chi connectivity index (χ1v) is 6.38. The third-order valence-electron chi connectivity index (χ3n) is 3.21. The van der Waals surface area contributed by atoms with E-state index >= 15 is 0 Å². The number of fused-ring (bicyclic) bond motifs is 1. The fourth-order valence-electron chi connectivity index (χ4n) is 2.29. The van der Waals surface area contributed by atoms with Gasteiger partial charge in [0.25, 0.3) is 0 Å². The molecule has 0 unspecified atom stereocenters. The highest BCUT2D eigenvalue weighted by atomic mass is 19.4. The van der Waals surface area contributed by atoms with Gasteiger partial charge in [-0.1, -0.05) is 6.07 Å². The summed E-state index contributed by atoms with van der Waals surface area (Å²) in [5.74, 6) is 0. The summed E-state index contributed by atoms with van der Waals surface area (Å²) in [5, 5.41) is 8.96. The third kappa shape index (κ3) is 2.29. The van der Waals surface area contributed by atoms with Gasteiger partial charge in [-0.2, -0.15) is 18.4 Å². The Morgan fingerprint density at radius 1 is 1.18 bits per heavy atom. The van der Waals surface area contributed by atoms with Gasteiger partial charge in [0, 0.05) is 12.4 Å². The van der Waals surface area contributed by atoms with Gasteiger partial charge >= 0.3 is 6.18 Å². The maximum atomic E-state index is 13.1. The number of pyridine rings is 2. The molecular formula is C15H9F3N4. The number of rotatable bonds is 2. The molecule has 0 aliphatic rings. The van der Waals surface area contributed by atoms with E-state index in [1.54, 1.807) is 18.2 Å². The van der Waals surface area contributed by atoms with Crippen LogP contribution in [0.4, 0.5) is 13.2 Å². The zero-order valence-corrected chi connectivity index (χ0v) is 11.2. The van der Waals surface area contributed by atoms with Crippen LogP contribution in [0.3, 0.4) is 0 Å². The third-order valence-corrected chi connectivity index (χ3v) is 3.21. The highest BCUT2D eigenvalue weighted by Crippen LogP contribution is 2.34. The molecule has 0 N–H and O–H groups in total. The predicted molar refractivity (Wildman–Crippen MR) is 72.7 cm³/mol. The van der Waals surface area contributed by atoms with Crippen molar-refractivity contribution in [2.75, 3.05) is 0 Å². The number of alkyl halides is 3. The molecule has 0 atom stereocenters. The van der Waals surface area contributed by atoms with E-state index in [-0.39, 0.29) is 12.1 Å². The van der Waals surface area contributed by atoms with Crippen LogP contribution in [0.25, 0.3) is 17.0 Å². The first-order valence-electron chi connectivity index (χ1n) is 6.38. The maximum Gasteiger partial charge on any atom is 0.419 e. The molecule has 3 aromatic heterocycles. The number of hydrogen-bond donors (Lipinski definition) is 0. The lowest BCUT2D eigenvalue weighted by Crippen LogP contribution is -2.07. The van der Waals surface area contributed by atoms with Gasteiger partial charge in [0.2, 0.25) is 0 Å². The van der Waals surface area contributed by atoms with Gasteiger partial charge in [-0.3, -0.25) is 4.98 Å². The highest BCUT2D eigenvalue weighted by molar-refractivity contribution is 5.66. The molecule has 3 rings (SSSR count). The second kappa shape index (κ2) is 5.15.